The van der Waals surface area contributed by atoms with E-state index in [4.69, 9.17) is 4.74 Å². The summed E-state index contributed by atoms with van der Waals surface area (Å²) in [6.07, 6.45) is 0.774. The number of amides is 2. The second-order valence-electron chi connectivity index (χ2n) is 6.67. The van der Waals surface area contributed by atoms with E-state index in [1.165, 1.54) is 0 Å². The van der Waals surface area contributed by atoms with Crippen LogP contribution < -0.4 is 15.4 Å². The van der Waals surface area contributed by atoms with Crippen molar-refractivity contribution >= 4 is 11.8 Å². The number of benzene rings is 2. The molecule has 0 fully saturated rings. The van der Waals surface area contributed by atoms with Gasteiger partial charge in [-0.15, -0.1) is 0 Å². The molecule has 0 radical (unpaired) electrons. The highest BCUT2D eigenvalue weighted by Gasteiger charge is 2.28. The first kappa shape index (κ1) is 20.5. The van der Waals surface area contributed by atoms with Crippen molar-refractivity contribution in [1.82, 2.24) is 10.6 Å². The van der Waals surface area contributed by atoms with Crippen LogP contribution in [0.1, 0.15) is 49.2 Å². The fourth-order valence-electron chi connectivity index (χ4n) is 2.92. The lowest BCUT2D eigenvalue weighted by atomic mass is 9.97. The van der Waals surface area contributed by atoms with Gasteiger partial charge in [0.05, 0.1) is 13.2 Å². The highest BCUT2D eigenvalue weighted by Crippen LogP contribution is 2.24. The van der Waals surface area contributed by atoms with E-state index in [-0.39, 0.29) is 23.8 Å². The fraction of sp³-hybridized carbons (Fsp3) is 0.364. The van der Waals surface area contributed by atoms with Gasteiger partial charge in [-0.1, -0.05) is 56.7 Å². The molecule has 0 aromatic heterocycles. The minimum atomic E-state index is -0.611. The minimum Gasteiger partial charge on any atom is -0.496 e. The summed E-state index contributed by atoms with van der Waals surface area (Å²) < 4.78 is 5.38. The zero-order valence-electron chi connectivity index (χ0n) is 16.4. The zero-order chi connectivity index (χ0) is 19.8. The maximum atomic E-state index is 12.9. The summed E-state index contributed by atoms with van der Waals surface area (Å²) in [6, 6.07) is 15.7. The summed E-state index contributed by atoms with van der Waals surface area (Å²) in [6.45, 7) is 5.87. The largest absolute Gasteiger partial charge is 0.496 e. The summed E-state index contributed by atoms with van der Waals surface area (Å²) >= 11 is 0. The number of carbonyl (C=O) groups excluding carboxylic acids is 2. The van der Waals surface area contributed by atoms with Gasteiger partial charge in [0, 0.05) is 11.1 Å². The van der Waals surface area contributed by atoms with Crippen molar-refractivity contribution in [1.29, 1.82) is 0 Å². The molecule has 0 spiro atoms. The standard InChI is InChI=1S/C22H28N2O3/c1-5-15(2)20(24-21(25)17-11-7-6-8-12-17)22(26)23-16(3)18-13-9-10-14-19(18)27-4/h6-16,20H,5H2,1-4H3,(H,23,26)(H,24,25). The lowest BCUT2D eigenvalue weighted by Gasteiger charge is -2.26. The normalized spacial score (nSPS) is 13.9. The molecule has 5 nitrogen and oxygen atoms in total. The van der Waals surface area contributed by atoms with Crippen LogP contribution in [0.4, 0.5) is 0 Å². The van der Waals surface area contributed by atoms with Crippen LogP contribution in [-0.2, 0) is 4.79 Å². The van der Waals surface area contributed by atoms with E-state index >= 15 is 0 Å². The topological polar surface area (TPSA) is 67.4 Å². The van der Waals surface area contributed by atoms with Crippen LogP contribution in [0.3, 0.4) is 0 Å². The van der Waals surface area contributed by atoms with Gasteiger partial charge in [0.25, 0.3) is 5.91 Å². The molecular weight excluding hydrogens is 340 g/mol. The van der Waals surface area contributed by atoms with Gasteiger partial charge >= 0.3 is 0 Å². The van der Waals surface area contributed by atoms with Gasteiger partial charge in [0.2, 0.25) is 5.91 Å². The van der Waals surface area contributed by atoms with Crippen molar-refractivity contribution in [3.8, 4) is 5.75 Å². The Hall–Kier alpha value is -2.82. The van der Waals surface area contributed by atoms with Gasteiger partial charge in [-0.05, 0) is 31.0 Å². The molecule has 2 aromatic carbocycles. The van der Waals surface area contributed by atoms with Gasteiger partial charge in [0.1, 0.15) is 11.8 Å². The summed E-state index contributed by atoms with van der Waals surface area (Å²) in [4.78, 5) is 25.5. The Labute approximate surface area is 161 Å². The quantitative estimate of drug-likeness (QED) is 0.746. The number of para-hydroxylation sites is 1. The van der Waals surface area contributed by atoms with E-state index in [0.29, 0.717) is 5.56 Å². The first-order valence-corrected chi connectivity index (χ1v) is 9.27. The number of hydrogen-bond acceptors (Lipinski definition) is 3. The maximum Gasteiger partial charge on any atom is 0.251 e. The monoisotopic (exact) mass is 368 g/mol. The molecule has 5 heteroatoms. The molecule has 2 rings (SSSR count). The molecule has 2 N–H and O–H groups in total. The molecule has 0 aliphatic heterocycles. The molecule has 0 aliphatic carbocycles. The molecule has 0 saturated heterocycles. The molecule has 27 heavy (non-hydrogen) atoms. The number of rotatable bonds is 8. The van der Waals surface area contributed by atoms with Crippen molar-refractivity contribution in [2.75, 3.05) is 7.11 Å². The van der Waals surface area contributed by atoms with E-state index in [2.05, 4.69) is 10.6 Å². The molecule has 144 valence electrons. The molecule has 0 bridgehead atoms. The fourth-order valence-corrected chi connectivity index (χ4v) is 2.92. The summed E-state index contributed by atoms with van der Waals surface area (Å²) in [5.74, 6) is 0.272. The first-order chi connectivity index (χ1) is 13.0. The Balaban J connectivity index is 2.13. The number of hydrogen-bond donors (Lipinski definition) is 2. The number of ether oxygens (including phenoxy) is 1. The van der Waals surface area contributed by atoms with E-state index in [1.807, 2.05) is 51.1 Å². The number of carbonyl (C=O) groups is 2. The average Bonchev–Trinajstić information content (AvgIpc) is 2.71. The Bertz CT molecular complexity index is 761. The average molecular weight is 368 g/mol. The van der Waals surface area contributed by atoms with Gasteiger partial charge < -0.3 is 15.4 Å². The molecular formula is C22H28N2O3. The highest BCUT2D eigenvalue weighted by molar-refractivity contribution is 5.97. The SMILES string of the molecule is CCC(C)C(NC(=O)c1ccccc1)C(=O)NC(C)c1ccccc1OC. The predicted octanol–water partition coefficient (Wildman–Crippen LogP) is 3.72. The second-order valence-corrected chi connectivity index (χ2v) is 6.67. The first-order valence-electron chi connectivity index (χ1n) is 9.27. The number of nitrogens with one attached hydrogen (secondary N) is 2. The minimum absolute atomic E-state index is 0.00234. The van der Waals surface area contributed by atoms with E-state index in [1.54, 1.807) is 31.4 Å². The highest BCUT2D eigenvalue weighted by atomic mass is 16.5. The lowest BCUT2D eigenvalue weighted by molar-refractivity contribution is -0.124. The van der Waals surface area contributed by atoms with Crippen molar-refractivity contribution < 1.29 is 14.3 Å². The van der Waals surface area contributed by atoms with Gasteiger partial charge in [-0.2, -0.15) is 0 Å². The Morgan fingerprint density at radius 3 is 2.22 bits per heavy atom. The summed E-state index contributed by atoms with van der Waals surface area (Å²) in [7, 11) is 1.61. The van der Waals surface area contributed by atoms with Gasteiger partial charge in [0.15, 0.2) is 0 Å². The third kappa shape index (κ3) is 5.33. The summed E-state index contributed by atoms with van der Waals surface area (Å²) in [5.41, 5.74) is 1.43. The van der Waals surface area contributed by atoms with Crippen molar-refractivity contribution in [2.45, 2.75) is 39.3 Å². The van der Waals surface area contributed by atoms with Crippen LogP contribution in [0.5, 0.6) is 5.75 Å². The van der Waals surface area contributed by atoms with Gasteiger partial charge in [-0.3, -0.25) is 9.59 Å². The summed E-state index contributed by atoms with van der Waals surface area (Å²) in [5, 5.41) is 5.90. The van der Waals surface area contributed by atoms with Crippen LogP contribution in [0, 0.1) is 5.92 Å². The lowest BCUT2D eigenvalue weighted by Crippen LogP contribution is -2.50. The Morgan fingerprint density at radius 1 is 0.963 bits per heavy atom. The maximum absolute atomic E-state index is 12.9. The van der Waals surface area contributed by atoms with Crippen LogP contribution in [0.2, 0.25) is 0 Å². The van der Waals surface area contributed by atoms with Gasteiger partial charge in [-0.25, -0.2) is 0 Å². The van der Waals surface area contributed by atoms with E-state index in [0.717, 1.165) is 17.7 Å². The molecule has 2 aromatic rings. The van der Waals surface area contributed by atoms with Crippen molar-refractivity contribution in [3.05, 3.63) is 65.7 Å². The van der Waals surface area contributed by atoms with E-state index in [9.17, 15) is 9.59 Å². The van der Waals surface area contributed by atoms with Crippen LogP contribution in [-0.4, -0.2) is 25.0 Å². The molecule has 0 aliphatic rings. The molecule has 0 heterocycles. The zero-order valence-corrected chi connectivity index (χ0v) is 16.4. The smallest absolute Gasteiger partial charge is 0.251 e. The molecule has 3 atom stereocenters. The third-order valence-electron chi connectivity index (χ3n) is 4.78. The predicted molar refractivity (Wildman–Crippen MR) is 107 cm³/mol. The Morgan fingerprint density at radius 2 is 1.59 bits per heavy atom. The van der Waals surface area contributed by atoms with Crippen molar-refractivity contribution in [3.63, 3.8) is 0 Å². The van der Waals surface area contributed by atoms with Crippen LogP contribution in [0.15, 0.2) is 54.6 Å². The number of methoxy groups -OCH3 is 1. The van der Waals surface area contributed by atoms with E-state index < -0.39 is 6.04 Å². The molecule has 2 amide bonds. The Kier molecular flexibility index (Phi) is 7.41. The molecule has 0 saturated carbocycles. The molecule has 3 unspecified atom stereocenters. The van der Waals surface area contributed by atoms with Crippen molar-refractivity contribution in [2.24, 2.45) is 5.92 Å². The van der Waals surface area contributed by atoms with Crippen LogP contribution >= 0.6 is 0 Å². The van der Waals surface area contributed by atoms with Crippen LogP contribution in [0.25, 0.3) is 0 Å². The second kappa shape index (κ2) is 9.76. The third-order valence-corrected chi connectivity index (χ3v) is 4.78.